The Labute approximate surface area is 244 Å². The first-order valence-corrected chi connectivity index (χ1v) is 14.3. The van der Waals surface area contributed by atoms with Crippen molar-refractivity contribution in [2.45, 2.75) is 0 Å². The predicted molar refractivity (Wildman–Crippen MR) is 177 cm³/mol. The maximum Gasteiger partial charge on any atom is 0.137 e. The molecule has 8 rings (SSSR count). The van der Waals surface area contributed by atoms with Gasteiger partial charge in [-0.3, -0.25) is 0 Å². The molecule has 0 N–H and O–H groups in total. The first-order valence-electron chi connectivity index (χ1n) is 14.3. The van der Waals surface area contributed by atoms with E-state index in [1.54, 1.807) is 0 Å². The molecule has 0 aliphatic carbocycles. The van der Waals surface area contributed by atoms with Crippen molar-refractivity contribution in [1.29, 1.82) is 0 Å². The van der Waals surface area contributed by atoms with Crippen LogP contribution in [0.4, 0.5) is 17.1 Å². The second kappa shape index (κ2) is 10.1. The van der Waals surface area contributed by atoms with Gasteiger partial charge in [0.2, 0.25) is 0 Å². The SMILES string of the molecule is c1ccc(-c2cccc(N(c3ccc4c(ccc5ccccc54)c3)c3ccccc3-c3cc4ccccc4o3)c2)cc1. The first-order chi connectivity index (χ1) is 20.8. The highest BCUT2D eigenvalue weighted by molar-refractivity contribution is 6.08. The molecule has 0 atom stereocenters. The van der Waals surface area contributed by atoms with Crippen LogP contribution >= 0.6 is 0 Å². The van der Waals surface area contributed by atoms with E-state index in [2.05, 4.69) is 150 Å². The number of hydrogen-bond acceptors (Lipinski definition) is 2. The lowest BCUT2D eigenvalue weighted by molar-refractivity contribution is 0.631. The molecule has 0 fully saturated rings. The summed E-state index contributed by atoms with van der Waals surface area (Å²) >= 11 is 0. The van der Waals surface area contributed by atoms with Gasteiger partial charge >= 0.3 is 0 Å². The van der Waals surface area contributed by atoms with Crippen molar-refractivity contribution < 1.29 is 4.42 Å². The monoisotopic (exact) mass is 537 g/mol. The van der Waals surface area contributed by atoms with E-state index in [9.17, 15) is 0 Å². The summed E-state index contributed by atoms with van der Waals surface area (Å²) in [7, 11) is 0. The second-order valence-electron chi connectivity index (χ2n) is 10.6. The average Bonchev–Trinajstić information content (AvgIpc) is 3.50. The summed E-state index contributed by atoms with van der Waals surface area (Å²) in [6.07, 6.45) is 0. The van der Waals surface area contributed by atoms with E-state index in [0.717, 1.165) is 39.4 Å². The molecule has 2 nitrogen and oxygen atoms in total. The maximum absolute atomic E-state index is 6.40. The molecule has 0 spiro atoms. The Bertz CT molecular complexity index is 2180. The molecule has 1 aromatic heterocycles. The van der Waals surface area contributed by atoms with Crippen LogP contribution in [-0.4, -0.2) is 0 Å². The summed E-state index contributed by atoms with van der Waals surface area (Å²) in [6, 6.07) is 58.0. The molecule has 0 aliphatic rings. The molecule has 0 bridgehead atoms. The summed E-state index contributed by atoms with van der Waals surface area (Å²) < 4.78 is 6.40. The van der Waals surface area contributed by atoms with Crippen molar-refractivity contribution in [1.82, 2.24) is 0 Å². The Morgan fingerprint density at radius 1 is 0.405 bits per heavy atom. The normalized spacial score (nSPS) is 11.3. The van der Waals surface area contributed by atoms with Crippen molar-refractivity contribution >= 4 is 49.6 Å². The first kappa shape index (κ1) is 24.2. The summed E-state index contributed by atoms with van der Waals surface area (Å²) in [5.74, 6) is 0.850. The molecule has 0 amide bonds. The highest BCUT2D eigenvalue weighted by Crippen LogP contribution is 2.44. The minimum Gasteiger partial charge on any atom is -0.456 e. The third-order valence-corrected chi connectivity index (χ3v) is 8.03. The van der Waals surface area contributed by atoms with E-state index in [1.165, 1.54) is 32.7 Å². The predicted octanol–water partition coefficient (Wildman–Crippen LogP) is 11.5. The van der Waals surface area contributed by atoms with Gasteiger partial charge in [0, 0.05) is 22.3 Å². The zero-order chi connectivity index (χ0) is 27.9. The van der Waals surface area contributed by atoms with E-state index in [-0.39, 0.29) is 0 Å². The van der Waals surface area contributed by atoms with Gasteiger partial charge in [-0.2, -0.15) is 0 Å². The van der Waals surface area contributed by atoms with Crippen molar-refractivity contribution in [3.05, 3.63) is 164 Å². The summed E-state index contributed by atoms with van der Waals surface area (Å²) in [4.78, 5) is 2.35. The third kappa shape index (κ3) is 4.22. The zero-order valence-corrected chi connectivity index (χ0v) is 22.9. The number of nitrogens with zero attached hydrogens (tertiary/aromatic N) is 1. The lowest BCUT2D eigenvalue weighted by Crippen LogP contribution is -2.11. The number of fused-ring (bicyclic) bond motifs is 4. The van der Waals surface area contributed by atoms with Crippen molar-refractivity contribution in [2.75, 3.05) is 4.90 Å². The maximum atomic E-state index is 6.40. The summed E-state index contributed by atoms with van der Waals surface area (Å²) in [6.45, 7) is 0. The van der Waals surface area contributed by atoms with Crippen LogP contribution in [0, 0.1) is 0 Å². The molecule has 0 saturated carbocycles. The van der Waals surface area contributed by atoms with Crippen LogP contribution in [0.25, 0.3) is 55.0 Å². The Balaban J connectivity index is 1.36. The van der Waals surface area contributed by atoms with Crippen LogP contribution in [0.1, 0.15) is 0 Å². The molecular weight excluding hydrogens is 510 g/mol. The van der Waals surface area contributed by atoms with Crippen LogP contribution in [0.5, 0.6) is 0 Å². The van der Waals surface area contributed by atoms with Gasteiger partial charge in [-0.1, -0.05) is 115 Å². The number of rotatable bonds is 5. The molecular formula is C40H27NO. The van der Waals surface area contributed by atoms with Crippen LogP contribution < -0.4 is 4.90 Å². The number of anilines is 3. The molecule has 42 heavy (non-hydrogen) atoms. The van der Waals surface area contributed by atoms with E-state index >= 15 is 0 Å². The molecule has 7 aromatic carbocycles. The Hall–Kier alpha value is -5.60. The Morgan fingerprint density at radius 3 is 2.00 bits per heavy atom. The van der Waals surface area contributed by atoms with E-state index < -0.39 is 0 Å². The number of para-hydroxylation sites is 2. The standard InChI is InChI=1S/C40H27NO/c1-2-11-28(12-3-1)30-15-10-16-33(25-30)41(34-23-24-36-31(26-34)22-21-29-13-4-6-17-35(29)36)38-19-8-7-18-37(38)40-27-32-14-5-9-20-39(32)42-40/h1-27H. The summed E-state index contributed by atoms with van der Waals surface area (Å²) in [5, 5.41) is 6.07. The molecule has 0 saturated heterocycles. The van der Waals surface area contributed by atoms with Crippen molar-refractivity contribution in [2.24, 2.45) is 0 Å². The lowest BCUT2D eigenvalue weighted by atomic mass is 10.00. The second-order valence-corrected chi connectivity index (χ2v) is 10.6. The van der Waals surface area contributed by atoms with E-state index in [1.807, 2.05) is 18.2 Å². The van der Waals surface area contributed by atoms with Crippen LogP contribution in [0.2, 0.25) is 0 Å². The summed E-state index contributed by atoms with van der Waals surface area (Å²) in [5.41, 5.74) is 7.52. The van der Waals surface area contributed by atoms with Crippen LogP contribution in [-0.2, 0) is 0 Å². The fourth-order valence-corrected chi connectivity index (χ4v) is 6.01. The van der Waals surface area contributed by atoms with Gasteiger partial charge in [-0.15, -0.1) is 0 Å². The number of furan rings is 1. The van der Waals surface area contributed by atoms with Gasteiger partial charge in [0.05, 0.1) is 5.69 Å². The molecule has 0 radical (unpaired) electrons. The van der Waals surface area contributed by atoms with Gasteiger partial charge in [0.15, 0.2) is 0 Å². The molecule has 1 heterocycles. The quantitative estimate of drug-likeness (QED) is 0.203. The molecule has 0 aliphatic heterocycles. The molecule has 8 aromatic rings. The minimum atomic E-state index is 0.850. The van der Waals surface area contributed by atoms with Gasteiger partial charge < -0.3 is 9.32 Å². The van der Waals surface area contributed by atoms with Gasteiger partial charge in [0.1, 0.15) is 11.3 Å². The fourth-order valence-electron chi connectivity index (χ4n) is 6.01. The molecule has 0 unspecified atom stereocenters. The molecule has 2 heteroatoms. The fraction of sp³-hybridized carbons (Fsp3) is 0. The topological polar surface area (TPSA) is 16.4 Å². The molecule has 198 valence electrons. The lowest BCUT2D eigenvalue weighted by Gasteiger charge is -2.28. The van der Waals surface area contributed by atoms with Gasteiger partial charge in [-0.25, -0.2) is 0 Å². The third-order valence-electron chi connectivity index (χ3n) is 8.03. The largest absolute Gasteiger partial charge is 0.456 e. The van der Waals surface area contributed by atoms with E-state index in [0.29, 0.717) is 0 Å². The van der Waals surface area contributed by atoms with Crippen LogP contribution in [0.15, 0.2) is 168 Å². The zero-order valence-electron chi connectivity index (χ0n) is 22.9. The number of benzene rings is 7. The van der Waals surface area contributed by atoms with Gasteiger partial charge in [-0.05, 0) is 81.2 Å². The van der Waals surface area contributed by atoms with Gasteiger partial charge in [0.25, 0.3) is 0 Å². The number of hydrogen-bond donors (Lipinski definition) is 0. The smallest absolute Gasteiger partial charge is 0.137 e. The highest BCUT2D eigenvalue weighted by Gasteiger charge is 2.20. The van der Waals surface area contributed by atoms with Crippen molar-refractivity contribution in [3.8, 4) is 22.5 Å². The van der Waals surface area contributed by atoms with Crippen LogP contribution in [0.3, 0.4) is 0 Å². The highest BCUT2D eigenvalue weighted by atomic mass is 16.3. The Kier molecular flexibility index (Phi) is 5.82. The minimum absolute atomic E-state index is 0.850. The average molecular weight is 538 g/mol. The van der Waals surface area contributed by atoms with Crippen molar-refractivity contribution in [3.63, 3.8) is 0 Å². The van der Waals surface area contributed by atoms with E-state index in [4.69, 9.17) is 4.42 Å². The Morgan fingerprint density at radius 2 is 1.10 bits per heavy atom.